The van der Waals surface area contributed by atoms with Crippen molar-refractivity contribution in [1.29, 1.82) is 0 Å². The minimum absolute atomic E-state index is 0.0953. The van der Waals surface area contributed by atoms with Crippen LogP contribution in [0, 0.1) is 6.92 Å². The zero-order valence-electron chi connectivity index (χ0n) is 24.9. The second kappa shape index (κ2) is 17.9. The van der Waals surface area contributed by atoms with Crippen LogP contribution in [0.1, 0.15) is 45.3 Å². The highest BCUT2D eigenvalue weighted by molar-refractivity contribution is 7.91. The third-order valence-electron chi connectivity index (χ3n) is 6.13. The summed E-state index contributed by atoms with van der Waals surface area (Å²) in [7, 11) is -3.61. The predicted octanol–water partition coefficient (Wildman–Crippen LogP) is 1.14. The fourth-order valence-electron chi connectivity index (χ4n) is 3.76. The van der Waals surface area contributed by atoms with E-state index in [4.69, 9.17) is 14.2 Å². The Morgan fingerprint density at radius 1 is 0.886 bits per heavy atom. The number of hydrogen-bond donors (Lipinski definition) is 2. The van der Waals surface area contributed by atoms with Crippen LogP contribution >= 0.6 is 0 Å². The predicted molar refractivity (Wildman–Crippen MR) is 159 cm³/mol. The van der Waals surface area contributed by atoms with Gasteiger partial charge in [0.15, 0.2) is 15.6 Å². The number of nitrogens with zero attached hydrogens (tertiary/aromatic N) is 4. The maximum atomic E-state index is 12.6. The number of aromatic nitrogens is 4. The molecule has 0 aliphatic rings. The summed E-state index contributed by atoms with van der Waals surface area (Å²) in [6.45, 7) is 6.53. The van der Waals surface area contributed by atoms with Crippen LogP contribution in [-0.4, -0.2) is 97.9 Å². The molecule has 0 unspecified atom stereocenters. The second-order valence-electron chi connectivity index (χ2n) is 9.76. The van der Waals surface area contributed by atoms with Crippen LogP contribution in [0.3, 0.4) is 0 Å². The van der Waals surface area contributed by atoms with Gasteiger partial charge in [-0.25, -0.2) is 13.1 Å². The van der Waals surface area contributed by atoms with Gasteiger partial charge in [-0.1, -0.05) is 22.9 Å². The first-order valence-electron chi connectivity index (χ1n) is 14.1. The zero-order valence-corrected chi connectivity index (χ0v) is 25.7. The first kappa shape index (κ1) is 34.4. The molecule has 3 rings (SSSR count). The lowest BCUT2D eigenvalue weighted by atomic mass is 10.1. The van der Waals surface area contributed by atoms with Gasteiger partial charge in [0.05, 0.1) is 68.6 Å². The van der Waals surface area contributed by atoms with Crippen LogP contribution in [0.2, 0.25) is 0 Å². The Morgan fingerprint density at radius 2 is 1.57 bits per heavy atom. The zero-order chi connectivity index (χ0) is 31.8. The Morgan fingerprint density at radius 3 is 2.32 bits per heavy atom. The summed E-state index contributed by atoms with van der Waals surface area (Å²) in [4.78, 5) is 40.1. The van der Waals surface area contributed by atoms with Gasteiger partial charge in [-0.3, -0.25) is 19.4 Å². The molecule has 0 saturated heterocycles. The van der Waals surface area contributed by atoms with Crippen molar-refractivity contribution in [2.75, 3.05) is 51.9 Å². The number of ketones is 1. The fraction of sp³-hybridized carbons (Fsp3) is 0.448. The molecule has 0 atom stereocenters. The summed E-state index contributed by atoms with van der Waals surface area (Å²) >= 11 is 0. The SMILES string of the molecule is CC(=O)NCCOCCn1cc(COCCOCCNC(=O)c2cncc(C(=O)CCS(=O)(=O)c3ccc(C)cc3)c2)nn1. The molecule has 44 heavy (non-hydrogen) atoms. The van der Waals surface area contributed by atoms with E-state index in [2.05, 4.69) is 25.9 Å². The average molecular weight is 631 g/mol. The number of amides is 2. The standard InChI is InChI=1S/C29H38N6O8S/c1-22-3-5-27(6-4-22)44(39,40)16-7-28(37)24-17-25(19-30-18-24)29(38)32-9-12-42-14-15-43-21-26-20-35(34-33-26)10-13-41-11-8-31-23(2)36/h3-6,17-20H,7-16,21H2,1-2H3,(H,31,36)(H,32,38). The van der Waals surface area contributed by atoms with E-state index in [1.165, 1.54) is 37.5 Å². The highest BCUT2D eigenvalue weighted by Crippen LogP contribution is 2.15. The summed E-state index contributed by atoms with van der Waals surface area (Å²) in [6, 6.07) is 7.85. The molecule has 3 aromatic rings. The molecule has 238 valence electrons. The second-order valence-corrected chi connectivity index (χ2v) is 11.9. The van der Waals surface area contributed by atoms with Crippen molar-refractivity contribution in [2.24, 2.45) is 0 Å². The summed E-state index contributed by atoms with van der Waals surface area (Å²) in [5, 5.41) is 13.4. The molecule has 1 aromatic carbocycles. The number of pyridine rings is 1. The molecular weight excluding hydrogens is 592 g/mol. The van der Waals surface area contributed by atoms with E-state index in [-0.39, 0.29) is 53.9 Å². The van der Waals surface area contributed by atoms with Crippen LogP contribution in [0.5, 0.6) is 0 Å². The molecule has 15 heteroatoms. The monoisotopic (exact) mass is 630 g/mol. The smallest absolute Gasteiger partial charge is 0.252 e. The van der Waals surface area contributed by atoms with E-state index in [0.717, 1.165) is 5.56 Å². The van der Waals surface area contributed by atoms with Crippen molar-refractivity contribution in [3.63, 3.8) is 0 Å². The van der Waals surface area contributed by atoms with Crippen molar-refractivity contribution < 1.29 is 37.0 Å². The minimum atomic E-state index is -3.61. The number of ether oxygens (including phenoxy) is 3. The number of carbonyl (C=O) groups excluding carboxylic acids is 3. The molecular formula is C29H38N6O8S. The Kier molecular flexibility index (Phi) is 14.0. The van der Waals surface area contributed by atoms with E-state index in [1.54, 1.807) is 23.0 Å². The molecule has 2 N–H and O–H groups in total. The van der Waals surface area contributed by atoms with Gasteiger partial charge in [0.25, 0.3) is 5.91 Å². The Labute approximate surface area is 256 Å². The van der Waals surface area contributed by atoms with E-state index in [0.29, 0.717) is 45.2 Å². The van der Waals surface area contributed by atoms with Gasteiger partial charge >= 0.3 is 0 Å². The molecule has 0 fully saturated rings. The number of rotatable bonds is 20. The number of hydrogen-bond acceptors (Lipinski definition) is 11. The van der Waals surface area contributed by atoms with Crippen molar-refractivity contribution in [1.82, 2.24) is 30.6 Å². The van der Waals surface area contributed by atoms with E-state index < -0.39 is 21.5 Å². The third-order valence-corrected chi connectivity index (χ3v) is 7.86. The largest absolute Gasteiger partial charge is 0.378 e. The van der Waals surface area contributed by atoms with Gasteiger partial charge in [-0.05, 0) is 25.1 Å². The quantitative estimate of drug-likeness (QED) is 0.135. The van der Waals surface area contributed by atoms with Gasteiger partial charge in [-0.2, -0.15) is 0 Å². The lowest BCUT2D eigenvalue weighted by Gasteiger charge is -2.08. The molecule has 14 nitrogen and oxygen atoms in total. The first-order valence-corrected chi connectivity index (χ1v) is 15.7. The topological polar surface area (TPSA) is 181 Å². The molecule has 0 aliphatic heterocycles. The maximum Gasteiger partial charge on any atom is 0.252 e. The van der Waals surface area contributed by atoms with Crippen LogP contribution < -0.4 is 10.6 Å². The van der Waals surface area contributed by atoms with Gasteiger partial charge in [0, 0.05) is 44.4 Å². The van der Waals surface area contributed by atoms with Gasteiger partial charge in [0.1, 0.15) is 5.69 Å². The molecule has 0 aliphatic carbocycles. The molecule has 2 aromatic heterocycles. The lowest BCUT2D eigenvalue weighted by Crippen LogP contribution is -2.28. The average Bonchev–Trinajstić information content (AvgIpc) is 3.46. The molecule has 2 amide bonds. The molecule has 0 spiro atoms. The third kappa shape index (κ3) is 12.3. The van der Waals surface area contributed by atoms with Crippen LogP contribution in [0.25, 0.3) is 0 Å². The van der Waals surface area contributed by atoms with Crippen molar-refractivity contribution in [2.45, 2.75) is 38.3 Å². The van der Waals surface area contributed by atoms with Crippen LogP contribution in [-0.2, 0) is 42.0 Å². The number of benzene rings is 1. The Balaban J connectivity index is 1.27. The van der Waals surface area contributed by atoms with Crippen molar-refractivity contribution in [3.8, 4) is 0 Å². The summed E-state index contributed by atoms with van der Waals surface area (Å²) in [5.41, 5.74) is 1.95. The first-order chi connectivity index (χ1) is 21.1. The molecule has 0 saturated carbocycles. The van der Waals surface area contributed by atoms with Gasteiger partial charge in [0.2, 0.25) is 5.91 Å². The van der Waals surface area contributed by atoms with Gasteiger partial charge < -0.3 is 24.8 Å². The summed E-state index contributed by atoms with van der Waals surface area (Å²) < 4.78 is 43.2. The minimum Gasteiger partial charge on any atom is -0.378 e. The molecule has 2 heterocycles. The number of Topliss-reactive ketones (excluding diaryl/α,β-unsaturated/α-hetero) is 1. The van der Waals surface area contributed by atoms with E-state index >= 15 is 0 Å². The summed E-state index contributed by atoms with van der Waals surface area (Å²) in [5.74, 6) is -1.29. The maximum absolute atomic E-state index is 12.6. The number of aryl methyl sites for hydroxylation is 1. The number of sulfone groups is 1. The normalized spacial score (nSPS) is 11.3. The van der Waals surface area contributed by atoms with Crippen LogP contribution in [0.15, 0.2) is 53.8 Å². The number of nitrogens with one attached hydrogen (secondary N) is 2. The van der Waals surface area contributed by atoms with Crippen LogP contribution in [0.4, 0.5) is 0 Å². The van der Waals surface area contributed by atoms with Crippen molar-refractivity contribution in [3.05, 3.63) is 71.3 Å². The fourth-order valence-corrected chi connectivity index (χ4v) is 5.00. The highest BCUT2D eigenvalue weighted by Gasteiger charge is 2.18. The number of carbonyl (C=O) groups is 3. The van der Waals surface area contributed by atoms with E-state index in [9.17, 15) is 22.8 Å². The Hall–Kier alpha value is -4.05. The molecule has 0 bridgehead atoms. The molecule has 0 radical (unpaired) electrons. The lowest BCUT2D eigenvalue weighted by molar-refractivity contribution is -0.119. The summed E-state index contributed by atoms with van der Waals surface area (Å²) in [6.07, 6.45) is 4.18. The Bertz CT molecular complexity index is 1480. The van der Waals surface area contributed by atoms with Gasteiger partial charge in [-0.15, -0.1) is 5.10 Å². The van der Waals surface area contributed by atoms with E-state index in [1.807, 2.05) is 6.92 Å². The van der Waals surface area contributed by atoms with Crippen molar-refractivity contribution >= 4 is 27.4 Å². The highest BCUT2D eigenvalue weighted by atomic mass is 32.2.